The van der Waals surface area contributed by atoms with Crippen molar-refractivity contribution in [2.75, 3.05) is 20.2 Å². The average molecular weight is 469 g/mol. The number of halogens is 1. The van der Waals surface area contributed by atoms with Crippen molar-refractivity contribution < 1.29 is 17.9 Å². The summed E-state index contributed by atoms with van der Waals surface area (Å²) in [6.07, 6.45) is 0. The largest absolute Gasteiger partial charge is 0.495 e. The molecule has 28 heavy (non-hydrogen) atoms. The van der Waals surface area contributed by atoms with Crippen LogP contribution in [0.3, 0.4) is 0 Å². The van der Waals surface area contributed by atoms with Gasteiger partial charge in [-0.2, -0.15) is 4.31 Å². The minimum absolute atomic E-state index is 0.0607. The van der Waals surface area contributed by atoms with Crippen molar-refractivity contribution in [2.24, 2.45) is 0 Å². The highest BCUT2D eigenvalue weighted by Gasteiger charge is 2.28. The summed E-state index contributed by atoms with van der Waals surface area (Å²) in [5.41, 5.74) is 1.73. The van der Waals surface area contributed by atoms with Crippen LogP contribution in [0.2, 0.25) is 0 Å². The monoisotopic (exact) mass is 468 g/mol. The summed E-state index contributed by atoms with van der Waals surface area (Å²) < 4.78 is 33.5. The summed E-state index contributed by atoms with van der Waals surface area (Å²) in [5.74, 6) is -0.111. The molecule has 152 valence electrons. The number of methoxy groups -OCH3 is 1. The van der Waals surface area contributed by atoms with Crippen LogP contribution < -0.4 is 10.1 Å². The Kier molecular flexibility index (Phi) is 7.63. The van der Waals surface area contributed by atoms with Crippen molar-refractivity contribution in [3.63, 3.8) is 0 Å². The maximum absolute atomic E-state index is 13.1. The topological polar surface area (TPSA) is 75.7 Å². The molecule has 0 radical (unpaired) electrons. The highest BCUT2D eigenvalue weighted by molar-refractivity contribution is 9.10. The Morgan fingerprint density at radius 2 is 1.86 bits per heavy atom. The fourth-order valence-corrected chi connectivity index (χ4v) is 4.68. The minimum atomic E-state index is -3.88. The van der Waals surface area contributed by atoms with Crippen molar-refractivity contribution in [1.82, 2.24) is 9.62 Å². The molecule has 0 fully saturated rings. The van der Waals surface area contributed by atoms with E-state index in [1.165, 1.54) is 7.11 Å². The number of hydrogen-bond acceptors (Lipinski definition) is 4. The number of nitrogens with zero attached hydrogens (tertiary/aromatic N) is 1. The Bertz CT molecular complexity index is 930. The summed E-state index contributed by atoms with van der Waals surface area (Å²) in [4.78, 5) is 12.6. The first kappa shape index (κ1) is 22.4. The zero-order chi connectivity index (χ0) is 20.9. The van der Waals surface area contributed by atoms with Gasteiger partial charge in [0, 0.05) is 11.0 Å². The first-order valence-electron chi connectivity index (χ1n) is 8.88. The lowest BCUT2D eigenvalue weighted by atomic mass is 10.1. The Morgan fingerprint density at radius 3 is 2.43 bits per heavy atom. The van der Waals surface area contributed by atoms with Crippen molar-refractivity contribution in [3.8, 4) is 5.75 Å². The molecule has 0 heterocycles. The Labute approximate surface area is 175 Å². The summed E-state index contributed by atoms with van der Waals surface area (Å²) in [7, 11) is -2.45. The zero-order valence-corrected chi connectivity index (χ0v) is 18.8. The van der Waals surface area contributed by atoms with E-state index in [1.807, 2.05) is 31.2 Å². The van der Waals surface area contributed by atoms with Gasteiger partial charge in [-0.05, 0) is 49.2 Å². The van der Waals surface area contributed by atoms with Gasteiger partial charge in [0.15, 0.2) is 0 Å². The number of benzene rings is 2. The van der Waals surface area contributed by atoms with E-state index in [9.17, 15) is 13.2 Å². The fraction of sp³-hybridized carbons (Fsp3) is 0.350. The lowest BCUT2D eigenvalue weighted by Gasteiger charge is -2.23. The van der Waals surface area contributed by atoms with E-state index in [2.05, 4.69) is 21.2 Å². The third kappa shape index (κ3) is 5.33. The lowest BCUT2D eigenvalue weighted by Crippen LogP contribution is -2.41. The van der Waals surface area contributed by atoms with Gasteiger partial charge in [-0.3, -0.25) is 4.79 Å². The molecule has 0 spiro atoms. The van der Waals surface area contributed by atoms with Crippen LogP contribution in [0.1, 0.15) is 31.0 Å². The molecule has 2 aromatic rings. The second-order valence-electron chi connectivity index (χ2n) is 6.43. The van der Waals surface area contributed by atoms with Gasteiger partial charge in [0.25, 0.3) is 0 Å². The number of hydrogen-bond donors (Lipinski definition) is 1. The van der Waals surface area contributed by atoms with Crippen LogP contribution in [-0.2, 0) is 14.8 Å². The molecule has 0 aliphatic heterocycles. The highest BCUT2D eigenvalue weighted by Crippen LogP contribution is 2.27. The summed E-state index contributed by atoms with van der Waals surface area (Å²) in [5, 5.41) is 2.85. The van der Waals surface area contributed by atoms with Gasteiger partial charge >= 0.3 is 0 Å². The molecular formula is C20H25BrN2O4S. The van der Waals surface area contributed by atoms with Gasteiger partial charge in [0.1, 0.15) is 10.6 Å². The molecule has 0 saturated carbocycles. The number of carbonyl (C=O) groups excluding carboxylic acids is 1. The minimum Gasteiger partial charge on any atom is -0.495 e. The molecule has 0 bridgehead atoms. The number of rotatable bonds is 8. The molecule has 0 aliphatic rings. The summed E-state index contributed by atoms with van der Waals surface area (Å²) >= 11 is 3.38. The molecule has 1 N–H and O–H groups in total. The second kappa shape index (κ2) is 9.54. The van der Waals surface area contributed by atoms with Crippen LogP contribution in [0, 0.1) is 6.92 Å². The third-order valence-corrected chi connectivity index (χ3v) is 6.83. The lowest BCUT2D eigenvalue weighted by molar-refractivity contribution is -0.121. The normalized spacial score (nSPS) is 12.6. The van der Waals surface area contributed by atoms with Crippen LogP contribution in [0.4, 0.5) is 0 Å². The molecule has 0 aliphatic carbocycles. The van der Waals surface area contributed by atoms with Gasteiger partial charge in [0.05, 0.1) is 19.7 Å². The molecule has 1 atom stereocenters. The Hall–Kier alpha value is -1.90. The van der Waals surface area contributed by atoms with Crippen LogP contribution in [0.5, 0.6) is 5.75 Å². The van der Waals surface area contributed by atoms with Gasteiger partial charge in [-0.25, -0.2) is 8.42 Å². The van der Waals surface area contributed by atoms with Gasteiger partial charge in [-0.15, -0.1) is 0 Å². The number of aryl methyl sites for hydroxylation is 1. The van der Waals surface area contributed by atoms with Crippen LogP contribution in [0.15, 0.2) is 51.8 Å². The first-order valence-corrected chi connectivity index (χ1v) is 11.1. The number of ether oxygens (including phenoxy) is 1. The van der Waals surface area contributed by atoms with Crippen LogP contribution in [0.25, 0.3) is 0 Å². The molecule has 6 nitrogen and oxygen atoms in total. The molecule has 2 aromatic carbocycles. The van der Waals surface area contributed by atoms with Gasteiger partial charge in [0.2, 0.25) is 15.9 Å². The van der Waals surface area contributed by atoms with E-state index in [1.54, 1.807) is 32.0 Å². The molecule has 2 rings (SSSR count). The summed E-state index contributed by atoms with van der Waals surface area (Å²) in [6, 6.07) is 12.3. The van der Waals surface area contributed by atoms with Crippen LogP contribution in [-0.4, -0.2) is 38.8 Å². The quantitative estimate of drug-likeness (QED) is 0.641. The van der Waals surface area contributed by atoms with Crippen LogP contribution >= 0.6 is 15.9 Å². The Balaban J connectivity index is 2.17. The molecule has 0 saturated heterocycles. The van der Waals surface area contributed by atoms with E-state index >= 15 is 0 Å². The van der Waals surface area contributed by atoms with Crippen molar-refractivity contribution in [1.29, 1.82) is 0 Å². The SMILES string of the molecule is CCN(CC(=O)N[C@H](C)c1ccc(Br)cc1)S(=O)(=O)c1cc(C)ccc1OC. The van der Waals surface area contributed by atoms with E-state index in [-0.39, 0.29) is 35.7 Å². The highest BCUT2D eigenvalue weighted by atomic mass is 79.9. The van der Waals surface area contributed by atoms with E-state index in [4.69, 9.17) is 4.74 Å². The van der Waals surface area contributed by atoms with Crippen molar-refractivity contribution >= 4 is 31.9 Å². The molecule has 8 heteroatoms. The predicted octanol–water partition coefficient (Wildman–Crippen LogP) is 3.65. The van der Waals surface area contributed by atoms with E-state index < -0.39 is 10.0 Å². The number of carbonyl (C=O) groups is 1. The van der Waals surface area contributed by atoms with E-state index in [0.29, 0.717) is 0 Å². The molecule has 1 amide bonds. The standard InChI is InChI=1S/C20H25BrN2O4S/c1-5-23(28(25,26)19-12-14(2)6-11-18(19)27-4)13-20(24)22-15(3)16-7-9-17(21)10-8-16/h6-12,15H,5,13H2,1-4H3,(H,22,24)/t15-/m1/s1. The van der Waals surface area contributed by atoms with Crippen molar-refractivity contribution in [3.05, 3.63) is 58.1 Å². The first-order chi connectivity index (χ1) is 13.2. The maximum atomic E-state index is 13.1. The molecule has 0 aromatic heterocycles. The number of nitrogens with one attached hydrogen (secondary N) is 1. The second-order valence-corrected chi connectivity index (χ2v) is 9.25. The van der Waals surface area contributed by atoms with Gasteiger partial charge in [-0.1, -0.05) is 41.1 Å². The Morgan fingerprint density at radius 1 is 1.21 bits per heavy atom. The molecular weight excluding hydrogens is 444 g/mol. The number of likely N-dealkylation sites (N-methyl/N-ethyl adjacent to an activating group) is 1. The fourth-order valence-electron chi connectivity index (χ4n) is 2.77. The summed E-state index contributed by atoms with van der Waals surface area (Å²) in [6.45, 7) is 5.26. The van der Waals surface area contributed by atoms with Crippen molar-refractivity contribution in [2.45, 2.75) is 31.7 Å². The number of sulfonamides is 1. The molecule has 0 unspecified atom stereocenters. The predicted molar refractivity (Wildman–Crippen MR) is 113 cm³/mol. The third-order valence-electron chi connectivity index (χ3n) is 4.36. The smallest absolute Gasteiger partial charge is 0.247 e. The number of amides is 1. The average Bonchev–Trinajstić information content (AvgIpc) is 2.66. The zero-order valence-electron chi connectivity index (χ0n) is 16.4. The van der Waals surface area contributed by atoms with E-state index in [0.717, 1.165) is 19.9 Å². The van der Waals surface area contributed by atoms with Gasteiger partial charge < -0.3 is 10.1 Å². The maximum Gasteiger partial charge on any atom is 0.247 e.